The Morgan fingerprint density at radius 1 is 1.00 bits per heavy atom. The summed E-state index contributed by atoms with van der Waals surface area (Å²) in [6.07, 6.45) is 1.25. The maximum absolute atomic E-state index is 13.2. The summed E-state index contributed by atoms with van der Waals surface area (Å²) in [7, 11) is -3.32. The summed E-state index contributed by atoms with van der Waals surface area (Å²) in [6, 6.07) is 13.8. The van der Waals surface area contributed by atoms with E-state index < -0.39 is 9.84 Å². The van der Waals surface area contributed by atoms with E-state index in [0.29, 0.717) is 30.8 Å². The molecule has 0 amide bonds. The predicted octanol–water partition coefficient (Wildman–Crippen LogP) is 6.17. The fourth-order valence-electron chi connectivity index (χ4n) is 4.26. The van der Waals surface area contributed by atoms with Crippen LogP contribution in [0.15, 0.2) is 52.7 Å². The van der Waals surface area contributed by atoms with Gasteiger partial charge in [-0.25, -0.2) is 13.4 Å². The number of aryl methyl sites for hydroxylation is 1. The number of nitrogens with zero attached hydrogens (tertiary/aromatic N) is 2. The molecule has 0 radical (unpaired) electrons. The molecule has 0 spiro atoms. The van der Waals surface area contributed by atoms with Gasteiger partial charge in [0.2, 0.25) is 0 Å². The van der Waals surface area contributed by atoms with Gasteiger partial charge in [0.25, 0.3) is 0 Å². The molecule has 2 heterocycles. The first-order valence-electron chi connectivity index (χ1n) is 11.2. The zero-order valence-electron chi connectivity index (χ0n) is 19.6. The van der Waals surface area contributed by atoms with Crippen molar-refractivity contribution in [3.05, 3.63) is 64.5 Å². The van der Waals surface area contributed by atoms with Gasteiger partial charge in [0.1, 0.15) is 0 Å². The van der Waals surface area contributed by atoms with Crippen molar-refractivity contribution < 1.29 is 8.42 Å². The Morgan fingerprint density at radius 3 is 2.28 bits per heavy atom. The average molecular weight is 469 g/mol. The van der Waals surface area contributed by atoms with Gasteiger partial charge in [-0.15, -0.1) is 11.3 Å². The summed E-state index contributed by atoms with van der Waals surface area (Å²) in [6.45, 7) is 12.1. The Labute approximate surface area is 196 Å². The van der Waals surface area contributed by atoms with E-state index in [1.165, 1.54) is 16.7 Å². The van der Waals surface area contributed by atoms with Gasteiger partial charge in [-0.3, -0.25) is 0 Å². The highest BCUT2D eigenvalue weighted by atomic mass is 32.2. The third-order valence-electron chi connectivity index (χ3n) is 6.57. The molecule has 6 heteroatoms. The molecule has 4 rings (SSSR count). The minimum atomic E-state index is -3.32. The van der Waals surface area contributed by atoms with Crippen LogP contribution in [0.2, 0.25) is 0 Å². The van der Waals surface area contributed by atoms with Crippen LogP contribution in [0.5, 0.6) is 0 Å². The summed E-state index contributed by atoms with van der Waals surface area (Å²) in [5.74, 6) is 0. The van der Waals surface area contributed by atoms with Gasteiger partial charge in [-0.05, 0) is 60.9 Å². The van der Waals surface area contributed by atoms with Crippen LogP contribution < -0.4 is 4.90 Å². The highest BCUT2D eigenvalue weighted by Gasteiger charge is 2.32. The second-order valence-corrected chi connectivity index (χ2v) is 12.8. The molecule has 1 aliphatic rings. The molecule has 1 aliphatic heterocycles. The van der Waals surface area contributed by atoms with Crippen molar-refractivity contribution in [3.63, 3.8) is 0 Å². The highest BCUT2D eigenvalue weighted by molar-refractivity contribution is 7.92. The van der Waals surface area contributed by atoms with E-state index in [1.807, 2.05) is 12.1 Å². The molecule has 0 aliphatic carbocycles. The van der Waals surface area contributed by atoms with Crippen molar-refractivity contribution in [2.24, 2.45) is 0 Å². The van der Waals surface area contributed by atoms with Crippen molar-refractivity contribution in [2.45, 2.75) is 63.0 Å². The lowest BCUT2D eigenvalue weighted by Crippen LogP contribution is -2.39. The first-order chi connectivity index (χ1) is 15.1. The number of piperidine rings is 1. The van der Waals surface area contributed by atoms with Gasteiger partial charge >= 0.3 is 0 Å². The number of hydrogen-bond donors (Lipinski definition) is 0. The van der Waals surface area contributed by atoms with E-state index >= 15 is 0 Å². The average Bonchev–Trinajstić information content (AvgIpc) is 3.25. The van der Waals surface area contributed by atoms with E-state index in [4.69, 9.17) is 4.98 Å². The normalized spacial score (nSPS) is 15.8. The van der Waals surface area contributed by atoms with Crippen LogP contribution in [-0.4, -0.2) is 31.7 Å². The lowest BCUT2D eigenvalue weighted by molar-refractivity contribution is 0.529. The van der Waals surface area contributed by atoms with E-state index in [-0.39, 0.29) is 10.7 Å². The monoisotopic (exact) mass is 468 g/mol. The van der Waals surface area contributed by atoms with Gasteiger partial charge in [0.05, 0.1) is 15.8 Å². The number of aromatic nitrogens is 1. The zero-order valence-corrected chi connectivity index (χ0v) is 21.2. The Morgan fingerprint density at radius 2 is 1.66 bits per heavy atom. The SMILES string of the molecule is Cc1cccc(-c2csc(N3CCC(S(=O)(=O)c4ccc(C(C)(C)C)cc4)CC3)n2)c1C. The quantitative estimate of drug-likeness (QED) is 0.460. The van der Waals surface area contributed by atoms with Crippen molar-refractivity contribution in [1.82, 2.24) is 4.98 Å². The zero-order chi connectivity index (χ0) is 23.1. The molecule has 1 saturated heterocycles. The third-order valence-corrected chi connectivity index (χ3v) is 9.75. The first-order valence-corrected chi connectivity index (χ1v) is 13.6. The number of thiazole rings is 1. The second-order valence-electron chi connectivity index (χ2n) is 9.77. The van der Waals surface area contributed by atoms with E-state index in [2.05, 4.69) is 63.1 Å². The Balaban J connectivity index is 1.45. The standard InChI is InChI=1S/C26H32N2O2S2/c1-18-7-6-8-23(19(18)2)24-17-31-25(27-24)28-15-13-22(14-16-28)32(29,30)21-11-9-20(10-12-21)26(3,4)5/h6-12,17,22H,13-16H2,1-5H3. The minimum Gasteiger partial charge on any atom is -0.348 e. The molecule has 2 aromatic carbocycles. The van der Waals surface area contributed by atoms with E-state index in [0.717, 1.165) is 16.4 Å². The van der Waals surface area contributed by atoms with Crippen LogP contribution in [0.25, 0.3) is 11.3 Å². The summed E-state index contributed by atoms with van der Waals surface area (Å²) in [5.41, 5.74) is 5.85. The van der Waals surface area contributed by atoms with Crippen molar-refractivity contribution in [3.8, 4) is 11.3 Å². The highest BCUT2D eigenvalue weighted by Crippen LogP contribution is 2.33. The van der Waals surface area contributed by atoms with E-state index in [1.54, 1.807) is 23.5 Å². The smallest absolute Gasteiger partial charge is 0.185 e. The number of anilines is 1. The fraction of sp³-hybridized carbons (Fsp3) is 0.423. The lowest BCUT2D eigenvalue weighted by Gasteiger charge is -2.31. The molecule has 170 valence electrons. The van der Waals surface area contributed by atoms with Crippen molar-refractivity contribution in [2.75, 3.05) is 18.0 Å². The van der Waals surface area contributed by atoms with Gasteiger partial charge in [-0.1, -0.05) is 51.1 Å². The molecular formula is C26H32N2O2S2. The van der Waals surface area contributed by atoms with Gasteiger partial charge in [0, 0.05) is 24.0 Å². The number of hydrogen-bond acceptors (Lipinski definition) is 5. The lowest BCUT2D eigenvalue weighted by atomic mass is 9.87. The molecule has 1 fully saturated rings. The Bertz CT molecular complexity index is 1200. The molecule has 0 bridgehead atoms. The summed E-state index contributed by atoms with van der Waals surface area (Å²) in [4.78, 5) is 7.55. The number of rotatable bonds is 4. The van der Waals surface area contributed by atoms with Crippen LogP contribution in [-0.2, 0) is 15.3 Å². The van der Waals surface area contributed by atoms with Crippen LogP contribution >= 0.6 is 11.3 Å². The Hall–Kier alpha value is -2.18. The predicted molar refractivity (Wildman–Crippen MR) is 135 cm³/mol. The van der Waals surface area contributed by atoms with Gasteiger partial charge in [-0.2, -0.15) is 0 Å². The molecule has 1 aromatic heterocycles. The maximum Gasteiger partial charge on any atom is 0.185 e. The molecule has 4 nitrogen and oxygen atoms in total. The van der Waals surface area contributed by atoms with Gasteiger partial charge < -0.3 is 4.90 Å². The van der Waals surface area contributed by atoms with Crippen LogP contribution in [0, 0.1) is 13.8 Å². The van der Waals surface area contributed by atoms with Crippen molar-refractivity contribution >= 4 is 26.3 Å². The molecular weight excluding hydrogens is 436 g/mol. The molecule has 0 unspecified atom stereocenters. The molecule has 0 atom stereocenters. The third kappa shape index (κ3) is 4.48. The fourth-order valence-corrected chi connectivity index (χ4v) is 6.87. The first kappa shape index (κ1) is 23.0. The maximum atomic E-state index is 13.2. The summed E-state index contributed by atoms with van der Waals surface area (Å²) in [5, 5.41) is 2.75. The number of benzene rings is 2. The molecule has 0 saturated carbocycles. The minimum absolute atomic E-state index is 0.0111. The van der Waals surface area contributed by atoms with E-state index in [9.17, 15) is 8.42 Å². The molecule has 3 aromatic rings. The van der Waals surface area contributed by atoms with Crippen LogP contribution in [0.3, 0.4) is 0 Å². The molecule has 32 heavy (non-hydrogen) atoms. The summed E-state index contributed by atoms with van der Waals surface area (Å²) >= 11 is 1.64. The second kappa shape index (κ2) is 8.64. The molecule has 0 N–H and O–H groups in total. The van der Waals surface area contributed by atoms with Crippen molar-refractivity contribution in [1.29, 1.82) is 0 Å². The number of sulfone groups is 1. The summed E-state index contributed by atoms with van der Waals surface area (Å²) < 4.78 is 26.4. The van der Waals surface area contributed by atoms with Gasteiger partial charge in [0.15, 0.2) is 15.0 Å². The van der Waals surface area contributed by atoms with Crippen LogP contribution in [0.1, 0.15) is 50.3 Å². The van der Waals surface area contributed by atoms with Crippen LogP contribution in [0.4, 0.5) is 5.13 Å². The topological polar surface area (TPSA) is 50.3 Å². The Kier molecular flexibility index (Phi) is 6.21. The largest absolute Gasteiger partial charge is 0.348 e.